The van der Waals surface area contributed by atoms with Crippen molar-refractivity contribution in [2.75, 3.05) is 13.2 Å². The Morgan fingerprint density at radius 2 is 2.15 bits per heavy atom. The molecule has 0 aliphatic rings. The van der Waals surface area contributed by atoms with Crippen LogP contribution in [0.15, 0.2) is 18.2 Å². The predicted octanol–water partition coefficient (Wildman–Crippen LogP) is 2.90. The molecular weight excluding hydrogens is 274 g/mol. The van der Waals surface area contributed by atoms with E-state index in [-0.39, 0.29) is 12.6 Å². The molecule has 110 valence electrons. The average molecular weight is 296 g/mol. The van der Waals surface area contributed by atoms with E-state index in [1.807, 2.05) is 25.2 Å². The fraction of sp³-hybridized carbons (Fsp3) is 0.533. The van der Waals surface area contributed by atoms with Gasteiger partial charge in [0.25, 0.3) is 0 Å². The monoisotopic (exact) mass is 295 g/mol. The minimum atomic E-state index is 0.160. The van der Waals surface area contributed by atoms with Gasteiger partial charge in [0.15, 0.2) is 0 Å². The normalized spacial score (nSPS) is 14.7. The third kappa shape index (κ3) is 3.32. The average Bonchev–Trinajstić information content (AvgIpc) is 2.74. The molecule has 2 atom stereocenters. The van der Waals surface area contributed by atoms with Gasteiger partial charge in [-0.3, -0.25) is 0 Å². The number of nitrogens with one attached hydrogen (secondary N) is 1. The summed E-state index contributed by atoms with van der Waals surface area (Å²) in [5.41, 5.74) is 2.01. The van der Waals surface area contributed by atoms with Crippen LogP contribution in [-0.2, 0) is 7.05 Å². The number of imidazole rings is 1. The van der Waals surface area contributed by atoms with E-state index in [2.05, 4.69) is 28.7 Å². The van der Waals surface area contributed by atoms with Gasteiger partial charge in [-0.15, -0.1) is 0 Å². The quantitative estimate of drug-likeness (QED) is 0.861. The van der Waals surface area contributed by atoms with Crippen LogP contribution in [-0.4, -0.2) is 27.8 Å². The number of nitrogens with zero attached hydrogens (tertiary/aromatic N) is 2. The van der Waals surface area contributed by atoms with Crippen molar-refractivity contribution >= 4 is 22.6 Å². The lowest BCUT2D eigenvalue weighted by Gasteiger charge is -2.17. The Morgan fingerprint density at radius 3 is 2.85 bits per heavy atom. The van der Waals surface area contributed by atoms with Crippen LogP contribution < -0.4 is 5.32 Å². The highest BCUT2D eigenvalue weighted by molar-refractivity contribution is 6.31. The summed E-state index contributed by atoms with van der Waals surface area (Å²) in [4.78, 5) is 4.67. The van der Waals surface area contributed by atoms with Crippen LogP contribution in [0.1, 0.15) is 32.1 Å². The molecule has 0 aliphatic carbocycles. The number of aromatic nitrogens is 2. The fourth-order valence-electron chi connectivity index (χ4n) is 2.36. The minimum absolute atomic E-state index is 0.160. The molecule has 0 fully saturated rings. The number of fused-ring (bicyclic) bond motifs is 1. The lowest BCUT2D eigenvalue weighted by atomic mass is 10.1. The molecule has 1 heterocycles. The van der Waals surface area contributed by atoms with Crippen LogP contribution in [0.25, 0.3) is 11.0 Å². The second-order valence-corrected chi connectivity index (χ2v) is 5.85. The highest BCUT2D eigenvalue weighted by atomic mass is 35.5. The Balaban J connectivity index is 2.14. The minimum Gasteiger partial charge on any atom is -0.396 e. The van der Waals surface area contributed by atoms with Gasteiger partial charge in [-0.05, 0) is 44.0 Å². The molecule has 0 amide bonds. The number of rotatable bonds is 6. The molecule has 0 bridgehead atoms. The molecule has 2 rings (SSSR count). The van der Waals surface area contributed by atoms with Crippen molar-refractivity contribution in [3.8, 4) is 0 Å². The highest BCUT2D eigenvalue weighted by Gasteiger charge is 2.15. The van der Waals surface area contributed by atoms with Crippen LogP contribution in [0.5, 0.6) is 0 Å². The maximum absolute atomic E-state index is 8.93. The van der Waals surface area contributed by atoms with E-state index >= 15 is 0 Å². The number of hydrogen-bond donors (Lipinski definition) is 2. The van der Waals surface area contributed by atoms with Gasteiger partial charge in [0.05, 0.1) is 17.1 Å². The van der Waals surface area contributed by atoms with E-state index in [0.29, 0.717) is 5.92 Å². The number of hydrogen-bond acceptors (Lipinski definition) is 3. The SMILES string of the molecule is CC(CCO)CNC(C)c1nc2ccc(Cl)cc2n1C. The first kappa shape index (κ1) is 15.3. The van der Waals surface area contributed by atoms with Crippen LogP contribution in [0, 0.1) is 5.92 Å². The van der Waals surface area contributed by atoms with Crippen LogP contribution in [0.4, 0.5) is 0 Å². The molecule has 1 aromatic heterocycles. The zero-order valence-electron chi connectivity index (χ0n) is 12.2. The highest BCUT2D eigenvalue weighted by Crippen LogP contribution is 2.22. The zero-order chi connectivity index (χ0) is 14.7. The van der Waals surface area contributed by atoms with Crippen molar-refractivity contribution in [2.45, 2.75) is 26.3 Å². The van der Waals surface area contributed by atoms with Crippen LogP contribution >= 0.6 is 11.6 Å². The number of aryl methyl sites for hydroxylation is 1. The first-order valence-electron chi connectivity index (χ1n) is 6.99. The second kappa shape index (κ2) is 6.57. The molecule has 4 nitrogen and oxygen atoms in total. The van der Waals surface area contributed by atoms with Crippen molar-refractivity contribution < 1.29 is 5.11 Å². The number of benzene rings is 1. The topological polar surface area (TPSA) is 50.1 Å². The summed E-state index contributed by atoms with van der Waals surface area (Å²) in [5, 5.41) is 13.1. The third-order valence-corrected chi connectivity index (χ3v) is 3.89. The molecule has 1 aromatic carbocycles. The van der Waals surface area contributed by atoms with Gasteiger partial charge in [0.1, 0.15) is 5.82 Å². The summed E-state index contributed by atoms with van der Waals surface area (Å²) in [7, 11) is 2.01. The molecule has 20 heavy (non-hydrogen) atoms. The smallest absolute Gasteiger partial charge is 0.126 e. The first-order chi connectivity index (χ1) is 9.52. The van der Waals surface area contributed by atoms with Gasteiger partial charge in [-0.2, -0.15) is 0 Å². The van der Waals surface area contributed by atoms with E-state index in [0.717, 1.165) is 34.8 Å². The number of aliphatic hydroxyl groups excluding tert-OH is 1. The van der Waals surface area contributed by atoms with Crippen molar-refractivity contribution in [1.29, 1.82) is 0 Å². The Labute approximate surface area is 124 Å². The summed E-state index contributed by atoms with van der Waals surface area (Å²) in [6.07, 6.45) is 0.817. The van der Waals surface area contributed by atoms with Crippen molar-refractivity contribution in [2.24, 2.45) is 13.0 Å². The maximum atomic E-state index is 8.93. The molecule has 2 unspecified atom stereocenters. The summed E-state index contributed by atoms with van der Waals surface area (Å²) < 4.78 is 2.08. The molecule has 0 aliphatic heterocycles. The standard InChI is InChI=1S/C15H22ClN3O/c1-10(6-7-20)9-17-11(2)15-18-13-5-4-12(16)8-14(13)19(15)3/h4-5,8,10-11,17,20H,6-7,9H2,1-3H3. The summed E-state index contributed by atoms with van der Waals surface area (Å²) in [6, 6.07) is 5.91. The Hall–Kier alpha value is -1.10. The van der Waals surface area contributed by atoms with E-state index < -0.39 is 0 Å². The Morgan fingerprint density at radius 1 is 1.40 bits per heavy atom. The lowest BCUT2D eigenvalue weighted by Crippen LogP contribution is -2.26. The van der Waals surface area contributed by atoms with Crippen LogP contribution in [0.2, 0.25) is 5.02 Å². The number of aliphatic hydroxyl groups is 1. The molecule has 0 spiro atoms. The zero-order valence-corrected chi connectivity index (χ0v) is 13.0. The largest absolute Gasteiger partial charge is 0.396 e. The maximum Gasteiger partial charge on any atom is 0.126 e. The van der Waals surface area contributed by atoms with E-state index in [9.17, 15) is 0 Å². The van der Waals surface area contributed by atoms with Gasteiger partial charge >= 0.3 is 0 Å². The molecule has 2 aromatic rings. The van der Waals surface area contributed by atoms with Gasteiger partial charge in [-0.25, -0.2) is 4.98 Å². The Kier molecular flexibility index (Phi) is 5.02. The van der Waals surface area contributed by atoms with E-state index in [1.54, 1.807) is 0 Å². The van der Waals surface area contributed by atoms with Gasteiger partial charge in [0.2, 0.25) is 0 Å². The van der Waals surface area contributed by atoms with Crippen molar-refractivity contribution in [1.82, 2.24) is 14.9 Å². The Bertz CT molecular complexity index is 582. The van der Waals surface area contributed by atoms with E-state index in [4.69, 9.17) is 16.7 Å². The lowest BCUT2D eigenvalue weighted by molar-refractivity contribution is 0.258. The summed E-state index contributed by atoms with van der Waals surface area (Å²) >= 11 is 6.04. The van der Waals surface area contributed by atoms with Crippen molar-refractivity contribution in [3.63, 3.8) is 0 Å². The van der Waals surface area contributed by atoms with E-state index in [1.165, 1.54) is 0 Å². The number of halogens is 1. The molecule has 0 radical (unpaired) electrons. The summed E-state index contributed by atoms with van der Waals surface area (Å²) in [6.45, 7) is 5.34. The third-order valence-electron chi connectivity index (χ3n) is 3.66. The second-order valence-electron chi connectivity index (χ2n) is 5.41. The molecule has 2 N–H and O–H groups in total. The molecule has 5 heteroatoms. The first-order valence-corrected chi connectivity index (χ1v) is 7.36. The molecular formula is C15H22ClN3O. The summed E-state index contributed by atoms with van der Waals surface area (Å²) in [5.74, 6) is 1.45. The predicted molar refractivity (Wildman–Crippen MR) is 83.0 cm³/mol. The molecule has 0 saturated carbocycles. The van der Waals surface area contributed by atoms with Crippen LogP contribution in [0.3, 0.4) is 0 Å². The molecule has 0 saturated heterocycles. The van der Waals surface area contributed by atoms with Crippen molar-refractivity contribution in [3.05, 3.63) is 29.0 Å². The fourth-order valence-corrected chi connectivity index (χ4v) is 2.53. The van der Waals surface area contributed by atoms with Gasteiger partial charge in [-0.1, -0.05) is 18.5 Å². The van der Waals surface area contributed by atoms with Gasteiger partial charge in [0, 0.05) is 18.7 Å². The van der Waals surface area contributed by atoms with Gasteiger partial charge < -0.3 is 15.0 Å².